The van der Waals surface area contributed by atoms with Crippen LogP contribution in [0.15, 0.2) is 16.9 Å². The van der Waals surface area contributed by atoms with Crippen molar-refractivity contribution in [2.75, 3.05) is 49.2 Å². The molecule has 2 saturated heterocycles. The molecule has 0 atom stereocenters. The van der Waals surface area contributed by atoms with E-state index >= 15 is 4.39 Å². The number of anilines is 2. The molecule has 1 aromatic carbocycles. The van der Waals surface area contributed by atoms with Crippen molar-refractivity contribution >= 4 is 11.6 Å². The Labute approximate surface area is 209 Å². The molecule has 1 N–H and O–H groups in total. The molecule has 0 saturated carbocycles. The van der Waals surface area contributed by atoms with Gasteiger partial charge >= 0.3 is 0 Å². The third kappa shape index (κ3) is 4.20. The lowest BCUT2D eigenvalue weighted by molar-refractivity contribution is -0.260. The van der Waals surface area contributed by atoms with Gasteiger partial charge in [-0.05, 0) is 58.4 Å². The monoisotopic (exact) mass is 500 g/mol. The molecule has 7 nitrogen and oxygen atoms in total. The van der Waals surface area contributed by atoms with Crippen molar-refractivity contribution in [1.82, 2.24) is 9.97 Å². The fourth-order valence-electron chi connectivity index (χ4n) is 6.47. The van der Waals surface area contributed by atoms with Gasteiger partial charge in [0, 0.05) is 60.4 Å². The van der Waals surface area contributed by atoms with Crippen molar-refractivity contribution in [2.45, 2.75) is 63.6 Å². The van der Waals surface area contributed by atoms with Crippen molar-refractivity contribution in [3.8, 4) is 0 Å². The Morgan fingerprint density at radius 1 is 1.11 bits per heavy atom. The number of H-pyrrole nitrogens is 1. The Morgan fingerprint density at radius 3 is 2.58 bits per heavy atom. The average molecular weight is 501 g/mol. The van der Waals surface area contributed by atoms with Gasteiger partial charge in [0.05, 0.1) is 18.9 Å². The van der Waals surface area contributed by atoms with E-state index in [0.29, 0.717) is 69.4 Å². The Hall–Kier alpha value is -2.52. The van der Waals surface area contributed by atoms with E-state index in [1.807, 2.05) is 13.8 Å². The van der Waals surface area contributed by atoms with Gasteiger partial charge in [0.1, 0.15) is 11.6 Å². The van der Waals surface area contributed by atoms with Crippen LogP contribution >= 0.6 is 0 Å². The maximum atomic E-state index is 15.3. The second kappa shape index (κ2) is 8.80. The van der Waals surface area contributed by atoms with Crippen molar-refractivity contribution in [2.24, 2.45) is 5.92 Å². The first-order valence-electron chi connectivity index (χ1n) is 13.1. The summed E-state index contributed by atoms with van der Waals surface area (Å²) >= 11 is 0. The van der Waals surface area contributed by atoms with E-state index in [2.05, 4.69) is 14.8 Å². The summed E-state index contributed by atoms with van der Waals surface area (Å²) in [6.07, 6.45) is 5.12. The van der Waals surface area contributed by atoms with Crippen molar-refractivity contribution < 1.29 is 18.3 Å². The van der Waals surface area contributed by atoms with E-state index in [1.165, 1.54) is 6.07 Å². The second-order valence-corrected chi connectivity index (χ2v) is 11.3. The zero-order valence-electron chi connectivity index (χ0n) is 21.0. The molecular weight excluding hydrogens is 466 g/mol. The number of rotatable bonds is 3. The van der Waals surface area contributed by atoms with Crippen molar-refractivity contribution in [3.05, 3.63) is 50.9 Å². The number of hydrogen-bond acceptors (Lipinski definition) is 6. The minimum Gasteiger partial charge on any atom is -0.370 e. The van der Waals surface area contributed by atoms with Crippen molar-refractivity contribution in [3.63, 3.8) is 0 Å². The quantitative estimate of drug-likeness (QED) is 0.694. The molecule has 0 amide bonds. The Bertz CT molecular complexity index is 1210. The molecule has 1 spiro atoms. The zero-order chi connectivity index (χ0) is 25.1. The molecule has 2 fully saturated rings. The minimum atomic E-state index is -0.600. The predicted octanol–water partition coefficient (Wildman–Crippen LogP) is 3.68. The fourth-order valence-corrected chi connectivity index (χ4v) is 6.47. The van der Waals surface area contributed by atoms with Gasteiger partial charge in [0.25, 0.3) is 5.56 Å². The second-order valence-electron chi connectivity index (χ2n) is 11.3. The SMILES string of the molecule is CC1(C)OCC(CN2CC3(CCN(c4nc5c(c(=O)[nH]4)CCCC5)CC3)c3c(F)cc(F)cc32)CO1. The summed E-state index contributed by atoms with van der Waals surface area (Å²) < 4.78 is 41.3. The number of nitrogens with zero attached hydrogens (tertiary/aromatic N) is 3. The highest BCUT2D eigenvalue weighted by molar-refractivity contribution is 5.64. The lowest BCUT2D eigenvalue weighted by Crippen LogP contribution is -2.48. The number of nitrogens with one attached hydrogen (secondary N) is 1. The number of hydrogen-bond donors (Lipinski definition) is 1. The highest BCUT2D eigenvalue weighted by Gasteiger charge is 2.48. The van der Waals surface area contributed by atoms with E-state index in [1.54, 1.807) is 0 Å². The molecular formula is C27H34F2N4O3. The van der Waals surface area contributed by atoms with Gasteiger partial charge < -0.3 is 19.3 Å². The van der Waals surface area contributed by atoms with Crippen LogP contribution in [0.2, 0.25) is 0 Å². The zero-order valence-corrected chi connectivity index (χ0v) is 21.0. The summed E-state index contributed by atoms with van der Waals surface area (Å²) in [5.41, 5.74) is 2.56. The van der Waals surface area contributed by atoms with Gasteiger partial charge in [0.15, 0.2) is 5.79 Å². The highest BCUT2D eigenvalue weighted by Crippen LogP contribution is 2.49. The Kier molecular flexibility index (Phi) is 5.83. The largest absolute Gasteiger partial charge is 0.370 e. The number of piperidine rings is 1. The van der Waals surface area contributed by atoms with Crippen LogP contribution in [0.1, 0.15) is 56.4 Å². The van der Waals surface area contributed by atoms with Gasteiger partial charge in [-0.2, -0.15) is 0 Å². The van der Waals surface area contributed by atoms with Crippen LogP contribution in [0.25, 0.3) is 0 Å². The van der Waals surface area contributed by atoms with E-state index in [-0.39, 0.29) is 11.5 Å². The molecule has 36 heavy (non-hydrogen) atoms. The number of halogens is 2. The highest BCUT2D eigenvalue weighted by atomic mass is 19.1. The molecule has 194 valence electrons. The van der Waals surface area contributed by atoms with Crippen LogP contribution in [0.4, 0.5) is 20.4 Å². The number of benzene rings is 1. The molecule has 3 aliphatic heterocycles. The molecule has 0 radical (unpaired) electrons. The first kappa shape index (κ1) is 23.9. The predicted molar refractivity (Wildman–Crippen MR) is 133 cm³/mol. The number of aromatic amines is 1. The van der Waals surface area contributed by atoms with Gasteiger partial charge in [-0.1, -0.05) is 0 Å². The van der Waals surface area contributed by atoms with Crippen LogP contribution in [-0.4, -0.2) is 55.1 Å². The standard InChI is InChI=1S/C27H34F2N4O3/c1-26(2)35-14-17(15-36-26)13-33-16-27(23-20(29)11-18(28)12-22(23)33)7-9-32(10-8-27)25-30-21-6-4-3-5-19(21)24(34)31-25/h11-12,17H,3-10,13-16H2,1-2H3,(H,30,31,34). The maximum Gasteiger partial charge on any atom is 0.255 e. The summed E-state index contributed by atoms with van der Waals surface area (Å²) in [5.74, 6) is -0.893. The molecule has 0 unspecified atom stereocenters. The van der Waals surface area contributed by atoms with E-state index in [0.717, 1.165) is 43.0 Å². The molecule has 2 aromatic rings. The minimum absolute atomic E-state index is 0.0333. The molecule has 0 bridgehead atoms. The molecule has 9 heteroatoms. The molecule has 1 aliphatic carbocycles. The van der Waals surface area contributed by atoms with E-state index in [9.17, 15) is 9.18 Å². The number of fused-ring (bicyclic) bond motifs is 3. The summed E-state index contributed by atoms with van der Waals surface area (Å²) in [7, 11) is 0. The fraction of sp³-hybridized carbons (Fsp3) is 0.630. The number of aryl methyl sites for hydroxylation is 1. The molecule has 1 aromatic heterocycles. The summed E-state index contributed by atoms with van der Waals surface area (Å²) in [4.78, 5) is 24.7. The number of ether oxygens (including phenoxy) is 2. The van der Waals surface area contributed by atoms with E-state index < -0.39 is 22.8 Å². The first-order chi connectivity index (χ1) is 17.2. The van der Waals surface area contributed by atoms with Crippen LogP contribution in [0.5, 0.6) is 0 Å². The molecule has 4 heterocycles. The third-order valence-electron chi connectivity index (χ3n) is 8.41. The van der Waals surface area contributed by atoms with Crippen LogP contribution in [0.3, 0.4) is 0 Å². The first-order valence-corrected chi connectivity index (χ1v) is 13.1. The normalized spacial score (nSPS) is 23.1. The average Bonchev–Trinajstić information content (AvgIpc) is 3.13. The van der Waals surface area contributed by atoms with Crippen LogP contribution < -0.4 is 15.4 Å². The van der Waals surface area contributed by atoms with Crippen LogP contribution in [-0.2, 0) is 27.7 Å². The summed E-state index contributed by atoms with van der Waals surface area (Å²) in [5, 5.41) is 0. The lowest BCUT2D eigenvalue weighted by Gasteiger charge is -2.41. The Balaban J connectivity index is 1.23. The topological polar surface area (TPSA) is 70.7 Å². The third-order valence-corrected chi connectivity index (χ3v) is 8.41. The van der Waals surface area contributed by atoms with Gasteiger partial charge in [-0.3, -0.25) is 9.78 Å². The van der Waals surface area contributed by atoms with Gasteiger partial charge in [-0.25, -0.2) is 13.8 Å². The number of aromatic nitrogens is 2. The Morgan fingerprint density at radius 2 is 1.83 bits per heavy atom. The maximum absolute atomic E-state index is 15.3. The lowest BCUT2D eigenvalue weighted by atomic mass is 9.74. The van der Waals surface area contributed by atoms with Gasteiger partial charge in [-0.15, -0.1) is 0 Å². The molecule has 6 rings (SSSR count). The summed E-state index contributed by atoms with van der Waals surface area (Å²) in [6, 6.07) is 2.48. The molecule has 4 aliphatic rings. The summed E-state index contributed by atoms with van der Waals surface area (Å²) in [6.45, 7) is 7.44. The van der Waals surface area contributed by atoms with E-state index in [4.69, 9.17) is 14.5 Å². The van der Waals surface area contributed by atoms with Gasteiger partial charge in [0.2, 0.25) is 5.95 Å². The smallest absolute Gasteiger partial charge is 0.255 e. The van der Waals surface area contributed by atoms with Crippen molar-refractivity contribution in [1.29, 1.82) is 0 Å². The van der Waals surface area contributed by atoms with Crippen LogP contribution in [0, 0.1) is 17.6 Å².